The molecule has 1 aromatic carbocycles. The van der Waals surface area contributed by atoms with Gasteiger partial charge < -0.3 is 10.6 Å². The number of hydrogen-bond donors (Lipinski definition) is 1. The molecule has 1 rings (SSSR count). The number of carbonyl (C=O) groups excluding carboxylic acids is 1. The quantitative estimate of drug-likeness (QED) is 0.865. The third-order valence-corrected chi connectivity index (χ3v) is 2.74. The number of halogens is 2. The maximum absolute atomic E-state index is 12.9. The summed E-state index contributed by atoms with van der Waals surface area (Å²) in [6.45, 7) is 2.18. The standard InChI is InChI=1S/C12H16F2N2O/c1-8(7-15)16(2)12(17)6-9-3-4-10(13)11(14)5-9/h3-5,8H,6-7,15H2,1-2H3/t8-/m0/s1. The molecule has 0 radical (unpaired) electrons. The third-order valence-electron chi connectivity index (χ3n) is 2.74. The highest BCUT2D eigenvalue weighted by molar-refractivity contribution is 5.78. The minimum atomic E-state index is -0.940. The van der Waals surface area contributed by atoms with Crippen LogP contribution in [-0.4, -0.2) is 30.4 Å². The van der Waals surface area contributed by atoms with E-state index < -0.39 is 11.6 Å². The van der Waals surface area contributed by atoms with E-state index in [1.807, 2.05) is 6.92 Å². The first-order valence-corrected chi connectivity index (χ1v) is 5.35. The number of hydrogen-bond acceptors (Lipinski definition) is 2. The zero-order valence-electron chi connectivity index (χ0n) is 9.91. The second-order valence-corrected chi connectivity index (χ2v) is 4.01. The summed E-state index contributed by atoms with van der Waals surface area (Å²) in [7, 11) is 1.64. The van der Waals surface area contributed by atoms with E-state index in [-0.39, 0.29) is 18.4 Å². The van der Waals surface area contributed by atoms with Crippen LogP contribution in [0.4, 0.5) is 8.78 Å². The van der Waals surface area contributed by atoms with Crippen molar-refractivity contribution in [3.63, 3.8) is 0 Å². The minimum Gasteiger partial charge on any atom is -0.341 e. The van der Waals surface area contributed by atoms with Crippen molar-refractivity contribution in [2.75, 3.05) is 13.6 Å². The summed E-state index contributed by atoms with van der Waals surface area (Å²) >= 11 is 0. The summed E-state index contributed by atoms with van der Waals surface area (Å²) in [6.07, 6.45) is 0.0397. The molecule has 0 saturated carbocycles. The predicted molar refractivity (Wildman–Crippen MR) is 61.3 cm³/mol. The molecule has 2 N–H and O–H groups in total. The average Bonchev–Trinajstić information content (AvgIpc) is 2.31. The van der Waals surface area contributed by atoms with E-state index in [9.17, 15) is 13.6 Å². The van der Waals surface area contributed by atoms with Gasteiger partial charge in [0.1, 0.15) is 0 Å². The topological polar surface area (TPSA) is 46.3 Å². The van der Waals surface area contributed by atoms with Crippen molar-refractivity contribution >= 4 is 5.91 Å². The summed E-state index contributed by atoms with van der Waals surface area (Å²) in [5.74, 6) is -2.02. The van der Waals surface area contributed by atoms with Gasteiger partial charge >= 0.3 is 0 Å². The molecule has 1 amide bonds. The Balaban J connectivity index is 2.71. The zero-order chi connectivity index (χ0) is 13.0. The van der Waals surface area contributed by atoms with Crippen molar-refractivity contribution in [3.8, 4) is 0 Å². The normalized spacial score (nSPS) is 12.3. The molecule has 0 spiro atoms. The van der Waals surface area contributed by atoms with Crippen LogP contribution in [0.15, 0.2) is 18.2 Å². The predicted octanol–water partition coefficient (Wildman–Crippen LogP) is 1.31. The van der Waals surface area contributed by atoms with E-state index >= 15 is 0 Å². The summed E-state index contributed by atoms with van der Waals surface area (Å²) in [6, 6.07) is 3.38. The molecule has 5 heteroatoms. The second kappa shape index (κ2) is 5.72. The van der Waals surface area contributed by atoms with Crippen molar-refractivity contribution in [3.05, 3.63) is 35.4 Å². The summed E-state index contributed by atoms with van der Waals surface area (Å²) in [4.78, 5) is 13.3. The largest absolute Gasteiger partial charge is 0.341 e. The smallest absolute Gasteiger partial charge is 0.227 e. The maximum Gasteiger partial charge on any atom is 0.227 e. The number of nitrogens with zero attached hydrogens (tertiary/aromatic N) is 1. The molecule has 1 aromatic rings. The van der Waals surface area contributed by atoms with Crippen LogP contribution in [0.25, 0.3) is 0 Å². The lowest BCUT2D eigenvalue weighted by Crippen LogP contribution is -2.40. The van der Waals surface area contributed by atoms with Crippen LogP contribution < -0.4 is 5.73 Å². The number of likely N-dealkylation sites (N-methyl/N-ethyl adjacent to an activating group) is 1. The van der Waals surface area contributed by atoms with Gasteiger partial charge in [0.05, 0.1) is 6.42 Å². The lowest BCUT2D eigenvalue weighted by atomic mass is 10.1. The first kappa shape index (κ1) is 13.6. The van der Waals surface area contributed by atoms with E-state index in [1.165, 1.54) is 11.0 Å². The lowest BCUT2D eigenvalue weighted by Gasteiger charge is -2.23. The maximum atomic E-state index is 12.9. The first-order valence-electron chi connectivity index (χ1n) is 5.35. The van der Waals surface area contributed by atoms with Gasteiger partial charge in [0.25, 0.3) is 0 Å². The Morgan fingerprint density at radius 2 is 2.06 bits per heavy atom. The Labute approximate surface area is 99.2 Å². The molecule has 17 heavy (non-hydrogen) atoms. The monoisotopic (exact) mass is 242 g/mol. The van der Waals surface area contributed by atoms with E-state index in [0.717, 1.165) is 12.1 Å². The molecule has 0 aliphatic carbocycles. The molecule has 3 nitrogen and oxygen atoms in total. The Kier molecular flexibility index (Phi) is 4.57. The van der Waals surface area contributed by atoms with E-state index in [1.54, 1.807) is 7.05 Å². The van der Waals surface area contributed by atoms with Crippen LogP contribution in [0.3, 0.4) is 0 Å². The lowest BCUT2D eigenvalue weighted by molar-refractivity contribution is -0.130. The van der Waals surface area contributed by atoms with Crippen LogP contribution >= 0.6 is 0 Å². The number of nitrogens with two attached hydrogens (primary N) is 1. The zero-order valence-corrected chi connectivity index (χ0v) is 9.91. The minimum absolute atomic E-state index is 0.0397. The molecule has 0 unspecified atom stereocenters. The van der Waals surface area contributed by atoms with E-state index in [4.69, 9.17) is 5.73 Å². The van der Waals surface area contributed by atoms with Crippen molar-refractivity contribution in [2.45, 2.75) is 19.4 Å². The molecule has 0 aliphatic rings. The van der Waals surface area contributed by atoms with Crippen molar-refractivity contribution < 1.29 is 13.6 Å². The van der Waals surface area contributed by atoms with Gasteiger partial charge in [-0.3, -0.25) is 4.79 Å². The van der Waals surface area contributed by atoms with Gasteiger partial charge in [-0.05, 0) is 24.6 Å². The highest BCUT2D eigenvalue weighted by atomic mass is 19.2. The second-order valence-electron chi connectivity index (χ2n) is 4.01. The average molecular weight is 242 g/mol. The van der Waals surface area contributed by atoms with Crippen molar-refractivity contribution in [1.82, 2.24) is 4.90 Å². The summed E-state index contributed by atoms with van der Waals surface area (Å²) in [5.41, 5.74) is 5.89. The van der Waals surface area contributed by atoms with Crippen LogP contribution in [-0.2, 0) is 11.2 Å². The summed E-state index contributed by atoms with van der Waals surface area (Å²) in [5, 5.41) is 0. The van der Waals surface area contributed by atoms with Gasteiger partial charge in [0.2, 0.25) is 5.91 Å². The highest BCUT2D eigenvalue weighted by Gasteiger charge is 2.15. The number of rotatable bonds is 4. The molecule has 94 valence electrons. The fourth-order valence-electron chi connectivity index (χ4n) is 1.35. The molecule has 0 fully saturated rings. The van der Waals surface area contributed by atoms with Gasteiger partial charge in [0.15, 0.2) is 11.6 Å². The van der Waals surface area contributed by atoms with E-state index in [0.29, 0.717) is 12.1 Å². The first-order chi connectivity index (χ1) is 7.95. The number of benzene rings is 1. The fourth-order valence-corrected chi connectivity index (χ4v) is 1.35. The Bertz CT molecular complexity index is 409. The fraction of sp³-hybridized carbons (Fsp3) is 0.417. The Morgan fingerprint density at radius 1 is 1.41 bits per heavy atom. The third kappa shape index (κ3) is 3.49. The van der Waals surface area contributed by atoms with Crippen LogP contribution in [0, 0.1) is 11.6 Å². The van der Waals surface area contributed by atoms with Gasteiger partial charge in [0, 0.05) is 19.6 Å². The van der Waals surface area contributed by atoms with Crippen molar-refractivity contribution in [2.24, 2.45) is 5.73 Å². The van der Waals surface area contributed by atoms with Crippen LogP contribution in [0.2, 0.25) is 0 Å². The highest BCUT2D eigenvalue weighted by Crippen LogP contribution is 2.10. The molecule has 0 heterocycles. The molecule has 0 aromatic heterocycles. The molecule has 1 atom stereocenters. The van der Waals surface area contributed by atoms with Crippen molar-refractivity contribution in [1.29, 1.82) is 0 Å². The van der Waals surface area contributed by atoms with Crippen LogP contribution in [0.5, 0.6) is 0 Å². The molecule has 0 bridgehead atoms. The van der Waals surface area contributed by atoms with E-state index in [2.05, 4.69) is 0 Å². The molecule has 0 saturated heterocycles. The van der Waals surface area contributed by atoms with Gasteiger partial charge in [-0.25, -0.2) is 8.78 Å². The van der Waals surface area contributed by atoms with Gasteiger partial charge in [-0.1, -0.05) is 6.07 Å². The number of carbonyl (C=O) groups is 1. The molecular formula is C12H16F2N2O. The van der Waals surface area contributed by atoms with Gasteiger partial charge in [-0.2, -0.15) is 0 Å². The Morgan fingerprint density at radius 3 is 2.59 bits per heavy atom. The molecular weight excluding hydrogens is 226 g/mol. The SMILES string of the molecule is C[C@@H](CN)N(C)C(=O)Cc1ccc(F)c(F)c1. The molecule has 0 aliphatic heterocycles. The van der Waals surface area contributed by atoms with Gasteiger partial charge in [-0.15, -0.1) is 0 Å². The Hall–Kier alpha value is -1.49. The summed E-state index contributed by atoms with van der Waals surface area (Å²) < 4.78 is 25.6. The van der Waals surface area contributed by atoms with Crippen LogP contribution in [0.1, 0.15) is 12.5 Å². The number of amides is 1.